The van der Waals surface area contributed by atoms with Crippen LogP contribution in [0.1, 0.15) is 26.6 Å². The van der Waals surface area contributed by atoms with Gasteiger partial charge in [-0.2, -0.15) is 13.2 Å². The Morgan fingerprint density at radius 2 is 1.76 bits per heavy atom. The van der Waals surface area contributed by atoms with Gasteiger partial charge in [0, 0.05) is 11.1 Å². The fourth-order valence-electron chi connectivity index (χ4n) is 3.13. The fraction of sp³-hybridized carbons (Fsp3) is 0.130. The number of fused-ring (bicyclic) bond motifs is 1. The first-order valence-electron chi connectivity index (χ1n) is 9.43. The van der Waals surface area contributed by atoms with Crippen molar-refractivity contribution >= 4 is 39.9 Å². The average Bonchev–Trinajstić information content (AvgIpc) is 3.28. The Bertz CT molecular complexity index is 1400. The van der Waals surface area contributed by atoms with Gasteiger partial charge in [0.25, 0.3) is 5.76 Å². The van der Waals surface area contributed by atoms with Crippen LogP contribution in [0.4, 0.5) is 13.2 Å². The van der Waals surface area contributed by atoms with Crippen LogP contribution in [-0.2, 0) is 6.18 Å². The summed E-state index contributed by atoms with van der Waals surface area (Å²) in [5, 5.41) is 1.95. The number of benzene rings is 2. The van der Waals surface area contributed by atoms with Crippen LogP contribution in [0.5, 0.6) is 17.2 Å². The molecule has 0 atom stereocenters. The summed E-state index contributed by atoms with van der Waals surface area (Å²) in [6.07, 6.45) is -5.02. The zero-order chi connectivity index (χ0) is 23.9. The van der Waals surface area contributed by atoms with Gasteiger partial charge < -0.3 is 13.9 Å². The van der Waals surface area contributed by atoms with E-state index in [1.165, 1.54) is 24.3 Å². The van der Waals surface area contributed by atoms with Crippen molar-refractivity contribution in [2.24, 2.45) is 0 Å². The van der Waals surface area contributed by atoms with Crippen LogP contribution >= 0.6 is 22.9 Å². The molecule has 33 heavy (non-hydrogen) atoms. The molecular formula is C23H14ClF3O5S. The predicted octanol–water partition coefficient (Wildman–Crippen LogP) is 7.16. The van der Waals surface area contributed by atoms with Crippen LogP contribution in [0.2, 0.25) is 5.02 Å². The van der Waals surface area contributed by atoms with Gasteiger partial charge in [-0.25, -0.2) is 4.79 Å². The molecule has 0 aliphatic rings. The molecule has 0 aliphatic heterocycles. The van der Waals surface area contributed by atoms with E-state index in [9.17, 15) is 22.8 Å². The van der Waals surface area contributed by atoms with Crippen molar-refractivity contribution in [2.75, 3.05) is 0 Å². The Labute approximate surface area is 193 Å². The van der Waals surface area contributed by atoms with E-state index in [1.54, 1.807) is 31.4 Å². The maximum absolute atomic E-state index is 13.8. The lowest BCUT2D eigenvalue weighted by molar-refractivity contribution is -0.154. The van der Waals surface area contributed by atoms with Crippen LogP contribution in [0.15, 0.2) is 57.1 Å². The summed E-state index contributed by atoms with van der Waals surface area (Å²) < 4.78 is 56.9. The van der Waals surface area contributed by atoms with Crippen LogP contribution < -0.4 is 14.9 Å². The van der Waals surface area contributed by atoms with Crippen molar-refractivity contribution < 1.29 is 31.9 Å². The smallest absolute Gasteiger partial charge is 0.449 e. The van der Waals surface area contributed by atoms with Gasteiger partial charge in [-0.3, -0.25) is 4.79 Å². The largest absolute Gasteiger partial charge is 0.453 e. The third-order valence-corrected chi connectivity index (χ3v) is 6.09. The maximum Gasteiger partial charge on any atom is 0.453 e. The first-order chi connectivity index (χ1) is 15.5. The van der Waals surface area contributed by atoms with Crippen molar-refractivity contribution in [3.05, 3.63) is 84.9 Å². The standard InChI is InChI=1S/C23H14ClF3O5S/c1-11-8-14(9-12(2)18(11)24)30-20-19(28)15-6-5-13(31-22(29)17-4-3-7-33-17)10-16(15)32-21(20)23(25,26)27/h3-10H,1-2H3. The fourth-order valence-corrected chi connectivity index (χ4v) is 3.84. The summed E-state index contributed by atoms with van der Waals surface area (Å²) in [5.41, 5.74) is -0.283. The highest BCUT2D eigenvalue weighted by molar-refractivity contribution is 7.12. The predicted molar refractivity (Wildman–Crippen MR) is 118 cm³/mol. The van der Waals surface area contributed by atoms with Crippen molar-refractivity contribution in [1.29, 1.82) is 0 Å². The Morgan fingerprint density at radius 1 is 1.06 bits per heavy atom. The van der Waals surface area contributed by atoms with Crippen LogP contribution in [0, 0.1) is 13.8 Å². The van der Waals surface area contributed by atoms with Gasteiger partial charge in [-0.15, -0.1) is 11.3 Å². The number of carbonyl (C=O) groups is 1. The molecule has 0 saturated carbocycles. The number of hydrogen-bond acceptors (Lipinski definition) is 6. The summed E-state index contributed by atoms with van der Waals surface area (Å²) in [5.74, 6) is -3.36. The van der Waals surface area contributed by atoms with Gasteiger partial charge >= 0.3 is 12.1 Å². The van der Waals surface area contributed by atoms with Gasteiger partial charge in [-0.05, 0) is 60.7 Å². The molecule has 0 N–H and O–H groups in total. The highest BCUT2D eigenvalue weighted by Gasteiger charge is 2.40. The normalized spacial score (nSPS) is 11.6. The number of alkyl halides is 3. The molecule has 0 radical (unpaired) electrons. The monoisotopic (exact) mass is 494 g/mol. The maximum atomic E-state index is 13.8. The van der Waals surface area contributed by atoms with E-state index in [4.69, 9.17) is 25.5 Å². The van der Waals surface area contributed by atoms with Gasteiger partial charge in [0.1, 0.15) is 22.0 Å². The molecule has 2 aromatic heterocycles. The molecule has 0 saturated heterocycles. The summed E-state index contributed by atoms with van der Waals surface area (Å²) in [6, 6.07) is 9.60. The van der Waals surface area contributed by atoms with Crippen molar-refractivity contribution in [2.45, 2.75) is 20.0 Å². The number of carbonyl (C=O) groups excluding carboxylic acids is 1. The molecule has 4 rings (SSSR count). The van der Waals surface area contributed by atoms with E-state index in [-0.39, 0.29) is 16.9 Å². The second-order valence-corrected chi connectivity index (χ2v) is 8.41. The zero-order valence-corrected chi connectivity index (χ0v) is 18.7. The molecule has 5 nitrogen and oxygen atoms in total. The van der Waals surface area contributed by atoms with Gasteiger partial charge in [-0.1, -0.05) is 17.7 Å². The summed E-state index contributed by atoms with van der Waals surface area (Å²) in [7, 11) is 0. The van der Waals surface area contributed by atoms with Crippen LogP contribution in [0.25, 0.3) is 11.0 Å². The molecule has 4 aromatic rings. The molecule has 2 heterocycles. The Balaban J connectivity index is 1.80. The van der Waals surface area contributed by atoms with E-state index in [0.717, 1.165) is 17.4 Å². The summed E-state index contributed by atoms with van der Waals surface area (Å²) in [6.45, 7) is 3.32. The first kappa shape index (κ1) is 22.9. The zero-order valence-electron chi connectivity index (χ0n) is 17.1. The molecule has 0 amide bonds. The van der Waals surface area contributed by atoms with Crippen molar-refractivity contribution in [1.82, 2.24) is 0 Å². The number of thiophene rings is 1. The van der Waals surface area contributed by atoms with Crippen molar-refractivity contribution in [3.8, 4) is 17.2 Å². The van der Waals surface area contributed by atoms with Crippen LogP contribution in [-0.4, -0.2) is 5.97 Å². The Kier molecular flexibility index (Phi) is 5.94. The molecule has 0 unspecified atom stereocenters. The van der Waals surface area contributed by atoms with Crippen molar-refractivity contribution in [3.63, 3.8) is 0 Å². The first-order valence-corrected chi connectivity index (χ1v) is 10.7. The Morgan fingerprint density at radius 3 is 2.36 bits per heavy atom. The third kappa shape index (κ3) is 4.60. The molecule has 0 fully saturated rings. The number of rotatable bonds is 4. The van der Waals surface area contributed by atoms with E-state index >= 15 is 0 Å². The molecule has 0 spiro atoms. The van der Waals surface area contributed by atoms with Crippen LogP contribution in [0.3, 0.4) is 0 Å². The highest BCUT2D eigenvalue weighted by Crippen LogP contribution is 2.39. The average molecular weight is 495 g/mol. The highest BCUT2D eigenvalue weighted by atomic mass is 35.5. The van der Waals surface area contributed by atoms with Gasteiger partial charge in [0.05, 0.1) is 5.39 Å². The Hall–Kier alpha value is -3.30. The lowest BCUT2D eigenvalue weighted by Crippen LogP contribution is -2.15. The minimum absolute atomic E-state index is 0.00745. The number of esters is 1. The number of ether oxygens (including phenoxy) is 2. The molecule has 170 valence electrons. The molecule has 2 aromatic carbocycles. The molecule has 0 aliphatic carbocycles. The minimum atomic E-state index is -5.02. The second kappa shape index (κ2) is 8.57. The SMILES string of the molecule is Cc1cc(Oc2c(C(F)(F)F)oc3cc(OC(=O)c4cccs4)ccc3c2=O)cc(C)c1Cl. The quantitative estimate of drug-likeness (QED) is 0.222. The summed E-state index contributed by atoms with van der Waals surface area (Å²) in [4.78, 5) is 25.4. The second-order valence-electron chi connectivity index (χ2n) is 7.09. The van der Waals surface area contributed by atoms with Gasteiger partial charge in [0.2, 0.25) is 11.2 Å². The van der Waals surface area contributed by atoms with E-state index in [0.29, 0.717) is 21.0 Å². The lowest BCUT2D eigenvalue weighted by Gasteiger charge is -2.14. The molecular weight excluding hydrogens is 481 g/mol. The van der Waals surface area contributed by atoms with E-state index in [1.807, 2.05) is 0 Å². The lowest BCUT2D eigenvalue weighted by atomic mass is 10.1. The van der Waals surface area contributed by atoms with E-state index in [2.05, 4.69) is 0 Å². The van der Waals surface area contributed by atoms with E-state index < -0.39 is 34.7 Å². The molecule has 0 bridgehead atoms. The topological polar surface area (TPSA) is 65.7 Å². The van der Waals surface area contributed by atoms with Gasteiger partial charge in [0.15, 0.2) is 0 Å². The minimum Gasteiger partial charge on any atom is -0.449 e. The summed E-state index contributed by atoms with van der Waals surface area (Å²) >= 11 is 7.24. The third-order valence-electron chi connectivity index (χ3n) is 4.64. The number of hydrogen-bond donors (Lipinski definition) is 0. The molecule has 10 heteroatoms. The number of aryl methyl sites for hydroxylation is 2. The number of halogens is 4.